The molecule has 1 aromatic carbocycles. The van der Waals surface area contributed by atoms with Crippen LogP contribution in [0.4, 0.5) is 0 Å². The van der Waals surface area contributed by atoms with Gasteiger partial charge in [-0.05, 0) is 43.6 Å². The fourth-order valence-electron chi connectivity index (χ4n) is 3.97. The molecular formula is C31H53N. The number of aryl methyl sites for hydroxylation is 1. The summed E-state index contributed by atoms with van der Waals surface area (Å²) in [6.45, 7) is 26.6. The molecule has 2 saturated carbocycles. The van der Waals surface area contributed by atoms with Gasteiger partial charge in [-0.15, -0.1) is 26.3 Å². The summed E-state index contributed by atoms with van der Waals surface area (Å²) in [4.78, 5) is 4.47. The highest BCUT2D eigenvalue weighted by molar-refractivity contribution is 5.94. The first-order chi connectivity index (χ1) is 15.6. The molecule has 1 aromatic rings. The van der Waals surface area contributed by atoms with Crippen LogP contribution in [-0.4, -0.2) is 5.71 Å². The Morgan fingerprint density at radius 1 is 0.812 bits per heavy atom. The predicted octanol–water partition coefficient (Wildman–Crippen LogP) is 10.5. The molecule has 0 bridgehead atoms. The molecule has 182 valence electrons. The number of benzene rings is 1. The summed E-state index contributed by atoms with van der Waals surface area (Å²) in [6, 6.07) is 8.51. The maximum atomic E-state index is 4.47. The van der Waals surface area contributed by atoms with Crippen LogP contribution in [0.1, 0.15) is 104 Å². The first-order valence-electron chi connectivity index (χ1n) is 12.9. The molecule has 1 aliphatic heterocycles. The quantitative estimate of drug-likeness (QED) is 0.415. The molecule has 1 heteroatoms. The summed E-state index contributed by atoms with van der Waals surface area (Å²) >= 11 is 0. The highest BCUT2D eigenvalue weighted by Gasteiger charge is 2.29. The third kappa shape index (κ3) is 13.5. The van der Waals surface area contributed by atoms with Gasteiger partial charge in [0.25, 0.3) is 0 Å². The fraction of sp³-hybridized carbons (Fsp3) is 0.581. The monoisotopic (exact) mass is 439 g/mol. The van der Waals surface area contributed by atoms with Crippen LogP contribution in [0.2, 0.25) is 0 Å². The lowest BCUT2D eigenvalue weighted by Crippen LogP contribution is -2.16. The second kappa shape index (κ2) is 21.0. The molecule has 1 heterocycles. The Balaban J connectivity index is 0. The first kappa shape index (κ1) is 32.3. The molecule has 2 aliphatic carbocycles. The molecule has 1 nitrogen and oxygen atoms in total. The average Bonchev–Trinajstić information content (AvgIpc) is 3.58. The molecule has 2 fully saturated rings. The Kier molecular flexibility index (Phi) is 21.2. The normalized spacial score (nSPS) is 20.3. The van der Waals surface area contributed by atoms with Crippen LogP contribution in [0.5, 0.6) is 0 Å². The minimum atomic E-state index is 1.00. The third-order valence-electron chi connectivity index (χ3n) is 5.87. The number of hydrogen-bond donors (Lipinski definition) is 0. The first-order valence-corrected chi connectivity index (χ1v) is 12.9. The molecule has 0 amide bonds. The van der Waals surface area contributed by atoms with E-state index in [1.165, 1.54) is 42.5 Å². The zero-order valence-corrected chi connectivity index (χ0v) is 22.6. The van der Waals surface area contributed by atoms with Gasteiger partial charge in [0.2, 0.25) is 0 Å². The number of hydrogen-bond acceptors (Lipinski definition) is 1. The van der Waals surface area contributed by atoms with Gasteiger partial charge in [0.1, 0.15) is 0 Å². The summed E-state index contributed by atoms with van der Waals surface area (Å²) in [5, 5.41) is 0. The standard InChI is InChI=1S/C12H13N.C11H20.2C2H6.2C2H4/c1-9-3-6-11(7-4-9)12-8-5-10(2)13-12;1-9-4-2-3-5-11(9)8-10-6-7-10;4*1-2/h3-4,6-8H,5H2,1-2H3;9-11H,2-8H2,1H3;2*1-2H3;2*1-2H2/t;9-,11?;;;;/m.0..../s1. The zero-order chi connectivity index (χ0) is 24.9. The summed E-state index contributed by atoms with van der Waals surface area (Å²) < 4.78 is 0. The highest BCUT2D eigenvalue weighted by atomic mass is 14.8. The molecule has 3 aliphatic rings. The van der Waals surface area contributed by atoms with E-state index < -0.39 is 0 Å². The highest BCUT2D eigenvalue weighted by Crippen LogP contribution is 2.41. The van der Waals surface area contributed by atoms with Crippen LogP contribution in [0.3, 0.4) is 0 Å². The molecule has 0 N–H and O–H groups in total. The Labute approximate surface area is 201 Å². The number of allylic oxidation sites excluding steroid dienone is 1. The maximum Gasteiger partial charge on any atom is 0.0665 e. The molecule has 0 aromatic heterocycles. The van der Waals surface area contributed by atoms with Crippen molar-refractivity contribution in [2.45, 2.75) is 99.8 Å². The van der Waals surface area contributed by atoms with Gasteiger partial charge in [-0.2, -0.15) is 0 Å². The van der Waals surface area contributed by atoms with Crippen molar-refractivity contribution in [2.24, 2.45) is 22.7 Å². The number of nitrogens with zero attached hydrogens (tertiary/aromatic N) is 1. The van der Waals surface area contributed by atoms with Gasteiger partial charge in [-0.1, -0.05) is 109 Å². The molecular weight excluding hydrogens is 386 g/mol. The predicted molar refractivity (Wildman–Crippen MR) is 151 cm³/mol. The van der Waals surface area contributed by atoms with Crippen LogP contribution in [0.25, 0.3) is 5.70 Å². The van der Waals surface area contributed by atoms with E-state index in [2.05, 4.69) is 82.4 Å². The second-order valence-electron chi connectivity index (χ2n) is 8.21. The van der Waals surface area contributed by atoms with Crippen LogP contribution in [-0.2, 0) is 0 Å². The van der Waals surface area contributed by atoms with Crippen molar-refractivity contribution in [2.75, 3.05) is 0 Å². The van der Waals surface area contributed by atoms with Gasteiger partial charge in [0, 0.05) is 12.1 Å². The average molecular weight is 440 g/mol. The van der Waals surface area contributed by atoms with E-state index in [1.54, 1.807) is 19.3 Å². The number of rotatable bonds is 3. The van der Waals surface area contributed by atoms with Crippen LogP contribution >= 0.6 is 0 Å². The van der Waals surface area contributed by atoms with Gasteiger partial charge in [0.15, 0.2) is 0 Å². The van der Waals surface area contributed by atoms with Crippen molar-refractivity contribution >= 4 is 11.4 Å². The minimum Gasteiger partial charge on any atom is -0.258 e. The van der Waals surface area contributed by atoms with Crippen LogP contribution < -0.4 is 0 Å². The van der Waals surface area contributed by atoms with E-state index >= 15 is 0 Å². The molecule has 2 atom stereocenters. The lowest BCUT2D eigenvalue weighted by molar-refractivity contribution is 0.233. The zero-order valence-electron chi connectivity index (χ0n) is 22.6. The SMILES string of the molecule is C=C.C=C.CC.CC.CC1=NC(c2ccc(C)cc2)=CC1.C[C@H]1CCCCC1CC1CC1. The summed E-state index contributed by atoms with van der Waals surface area (Å²) in [6.07, 6.45) is 13.9. The third-order valence-corrected chi connectivity index (χ3v) is 5.87. The van der Waals surface area contributed by atoms with E-state index in [-0.39, 0.29) is 0 Å². The number of aliphatic imine (C=N–C) groups is 1. The topological polar surface area (TPSA) is 12.4 Å². The Morgan fingerprint density at radius 2 is 1.34 bits per heavy atom. The van der Waals surface area contributed by atoms with Gasteiger partial charge < -0.3 is 0 Å². The second-order valence-corrected chi connectivity index (χ2v) is 8.21. The Bertz CT molecular complexity index is 616. The van der Waals surface area contributed by atoms with Crippen molar-refractivity contribution in [1.82, 2.24) is 0 Å². The van der Waals surface area contributed by atoms with Gasteiger partial charge in [-0.25, -0.2) is 0 Å². The van der Waals surface area contributed by atoms with E-state index in [4.69, 9.17) is 0 Å². The lowest BCUT2D eigenvalue weighted by Gasteiger charge is -2.28. The smallest absolute Gasteiger partial charge is 0.0665 e. The molecule has 0 radical (unpaired) electrons. The van der Waals surface area contributed by atoms with Crippen molar-refractivity contribution < 1.29 is 0 Å². The lowest BCUT2D eigenvalue weighted by atomic mass is 9.78. The van der Waals surface area contributed by atoms with Crippen molar-refractivity contribution in [3.63, 3.8) is 0 Å². The van der Waals surface area contributed by atoms with Crippen molar-refractivity contribution in [1.29, 1.82) is 0 Å². The largest absolute Gasteiger partial charge is 0.258 e. The molecule has 4 rings (SSSR count). The minimum absolute atomic E-state index is 1.00. The Morgan fingerprint density at radius 3 is 1.78 bits per heavy atom. The van der Waals surface area contributed by atoms with E-state index in [1.807, 2.05) is 27.7 Å². The Hall–Kier alpha value is -1.89. The van der Waals surface area contributed by atoms with E-state index in [9.17, 15) is 0 Å². The molecule has 0 saturated heterocycles. The van der Waals surface area contributed by atoms with Crippen molar-refractivity contribution in [3.05, 3.63) is 67.8 Å². The fourth-order valence-corrected chi connectivity index (χ4v) is 3.97. The van der Waals surface area contributed by atoms with Crippen LogP contribution in [0, 0.1) is 24.7 Å². The van der Waals surface area contributed by atoms with Gasteiger partial charge in [0.05, 0.1) is 5.70 Å². The van der Waals surface area contributed by atoms with E-state index in [0.717, 1.165) is 29.9 Å². The van der Waals surface area contributed by atoms with Crippen LogP contribution in [0.15, 0.2) is 61.6 Å². The van der Waals surface area contributed by atoms with Crippen molar-refractivity contribution in [3.8, 4) is 0 Å². The summed E-state index contributed by atoms with van der Waals surface area (Å²) in [5.41, 5.74) is 4.85. The summed E-state index contributed by atoms with van der Waals surface area (Å²) in [7, 11) is 0. The maximum absolute atomic E-state index is 4.47. The summed E-state index contributed by atoms with van der Waals surface area (Å²) in [5.74, 6) is 3.31. The molecule has 0 spiro atoms. The molecule has 32 heavy (non-hydrogen) atoms. The van der Waals surface area contributed by atoms with Gasteiger partial charge in [-0.3, -0.25) is 4.99 Å². The van der Waals surface area contributed by atoms with E-state index in [0.29, 0.717) is 0 Å². The molecule has 1 unspecified atom stereocenters. The van der Waals surface area contributed by atoms with Gasteiger partial charge >= 0.3 is 0 Å².